The Morgan fingerprint density at radius 1 is 1.00 bits per heavy atom. The highest BCUT2D eigenvalue weighted by Crippen LogP contribution is 2.25. The minimum Gasteiger partial charge on any atom is -0.461 e. The van der Waals surface area contributed by atoms with Crippen LogP contribution in [-0.2, 0) is 16.1 Å². The lowest BCUT2D eigenvalue weighted by Crippen LogP contribution is -2.38. The maximum Gasteiger partial charge on any atom is 0.307 e. The zero-order chi connectivity index (χ0) is 24.5. The third kappa shape index (κ3) is 7.90. The van der Waals surface area contributed by atoms with Crippen LogP contribution in [0.15, 0.2) is 60.9 Å². The number of hydrogen-bond acceptors (Lipinski definition) is 7. The van der Waals surface area contributed by atoms with Gasteiger partial charge in [-0.1, -0.05) is 41.9 Å². The Morgan fingerprint density at radius 3 is 2.51 bits per heavy atom. The summed E-state index contributed by atoms with van der Waals surface area (Å²) in [4.78, 5) is 20.5. The van der Waals surface area contributed by atoms with Gasteiger partial charge in [-0.25, -0.2) is 14.4 Å². The Kier molecular flexibility index (Phi) is 8.86. The summed E-state index contributed by atoms with van der Waals surface area (Å²) in [5.74, 6) is 0.677. The number of hydrogen-bond donors (Lipinski definition) is 3. The van der Waals surface area contributed by atoms with Gasteiger partial charge >= 0.3 is 5.97 Å². The average Bonchev–Trinajstić information content (AvgIpc) is 2.87. The summed E-state index contributed by atoms with van der Waals surface area (Å²) in [5, 5.41) is 10.1. The van der Waals surface area contributed by atoms with E-state index in [1.165, 1.54) is 18.5 Å². The lowest BCUT2D eigenvalue weighted by atomic mass is 9.91. The molecule has 2 aromatic carbocycles. The molecule has 1 heterocycles. The molecule has 0 radical (unpaired) electrons. The highest BCUT2D eigenvalue weighted by molar-refractivity contribution is 6.31. The van der Waals surface area contributed by atoms with Crippen LogP contribution in [0.1, 0.15) is 37.7 Å². The number of nitrogens with one attached hydrogen (secondary N) is 3. The molecule has 184 valence electrons. The van der Waals surface area contributed by atoms with Crippen LogP contribution in [0.5, 0.6) is 0 Å². The molecule has 1 fully saturated rings. The highest BCUT2D eigenvalue weighted by Gasteiger charge is 2.21. The minimum absolute atomic E-state index is 0.0526. The quantitative estimate of drug-likeness (QED) is 0.320. The second-order valence-electron chi connectivity index (χ2n) is 8.59. The Morgan fingerprint density at radius 2 is 1.74 bits per heavy atom. The Hall–Kier alpha value is -3.23. The standard InChI is InChI=1S/C26H29ClFN5O2/c27-22-14-21(10-11-23(22)28)33-25-15-24(30-17-31-25)32-20-8-6-19(7-9-20)29-13-12-26(34)35-16-18-4-2-1-3-5-18/h1-5,10-11,14-15,17,19-20,29H,6-9,12-13,16H2,(H2,30,31,32,33)/t19-,20-. The van der Waals surface area contributed by atoms with Crippen LogP contribution in [0.3, 0.4) is 0 Å². The molecule has 1 aliphatic rings. The summed E-state index contributed by atoms with van der Waals surface area (Å²) >= 11 is 5.85. The smallest absolute Gasteiger partial charge is 0.307 e. The summed E-state index contributed by atoms with van der Waals surface area (Å²) in [6.45, 7) is 0.930. The molecule has 1 saturated carbocycles. The number of carbonyl (C=O) groups is 1. The molecular weight excluding hydrogens is 469 g/mol. The highest BCUT2D eigenvalue weighted by atomic mass is 35.5. The largest absolute Gasteiger partial charge is 0.461 e. The molecule has 0 saturated heterocycles. The maximum atomic E-state index is 13.4. The molecule has 0 aliphatic heterocycles. The average molecular weight is 498 g/mol. The lowest BCUT2D eigenvalue weighted by molar-refractivity contribution is -0.144. The van der Waals surface area contributed by atoms with E-state index in [4.69, 9.17) is 16.3 Å². The van der Waals surface area contributed by atoms with E-state index in [9.17, 15) is 9.18 Å². The summed E-state index contributed by atoms with van der Waals surface area (Å²) in [6, 6.07) is 16.6. The molecule has 3 N–H and O–H groups in total. The van der Waals surface area contributed by atoms with E-state index in [0.29, 0.717) is 43.2 Å². The van der Waals surface area contributed by atoms with Gasteiger partial charge in [0.1, 0.15) is 30.4 Å². The number of aromatic nitrogens is 2. The van der Waals surface area contributed by atoms with Gasteiger partial charge in [-0.3, -0.25) is 4.79 Å². The van der Waals surface area contributed by atoms with E-state index < -0.39 is 5.82 Å². The normalized spacial score (nSPS) is 17.5. The molecule has 4 rings (SSSR count). The second-order valence-corrected chi connectivity index (χ2v) is 8.99. The van der Waals surface area contributed by atoms with Crippen molar-refractivity contribution in [2.75, 3.05) is 17.2 Å². The van der Waals surface area contributed by atoms with Crippen LogP contribution in [0, 0.1) is 5.82 Å². The number of anilines is 3. The fraction of sp³-hybridized carbons (Fsp3) is 0.346. The van der Waals surface area contributed by atoms with Gasteiger partial charge in [-0.05, 0) is 49.4 Å². The summed E-state index contributed by atoms with van der Waals surface area (Å²) in [5.41, 5.74) is 1.64. The Bertz CT molecular complexity index is 1110. The summed E-state index contributed by atoms with van der Waals surface area (Å²) < 4.78 is 18.7. The molecule has 35 heavy (non-hydrogen) atoms. The first-order chi connectivity index (χ1) is 17.0. The van der Waals surface area contributed by atoms with Gasteiger partial charge in [0, 0.05) is 30.4 Å². The third-order valence-corrected chi connectivity index (χ3v) is 6.23. The molecule has 0 bridgehead atoms. The topological polar surface area (TPSA) is 88.2 Å². The lowest BCUT2D eigenvalue weighted by Gasteiger charge is -2.30. The van der Waals surface area contributed by atoms with E-state index in [1.807, 2.05) is 36.4 Å². The van der Waals surface area contributed by atoms with Crippen LogP contribution < -0.4 is 16.0 Å². The molecule has 0 unspecified atom stereocenters. The third-order valence-electron chi connectivity index (χ3n) is 5.94. The monoisotopic (exact) mass is 497 g/mol. The number of rotatable bonds is 10. The van der Waals surface area contributed by atoms with Gasteiger partial charge in [0.2, 0.25) is 0 Å². The van der Waals surface area contributed by atoms with Crippen molar-refractivity contribution in [2.24, 2.45) is 0 Å². The molecule has 7 nitrogen and oxygen atoms in total. The second kappa shape index (κ2) is 12.5. The molecule has 9 heteroatoms. The van der Waals surface area contributed by atoms with Gasteiger partial charge < -0.3 is 20.7 Å². The van der Waals surface area contributed by atoms with Crippen molar-refractivity contribution < 1.29 is 13.9 Å². The molecule has 0 spiro atoms. The van der Waals surface area contributed by atoms with Crippen LogP contribution in [0.25, 0.3) is 0 Å². The number of halogens is 2. The van der Waals surface area contributed by atoms with E-state index in [-0.39, 0.29) is 11.0 Å². The minimum atomic E-state index is -0.463. The van der Waals surface area contributed by atoms with Crippen LogP contribution >= 0.6 is 11.6 Å². The number of benzene rings is 2. The fourth-order valence-corrected chi connectivity index (χ4v) is 4.25. The summed E-state index contributed by atoms with van der Waals surface area (Å²) in [6.07, 6.45) is 5.87. The van der Waals surface area contributed by atoms with E-state index in [0.717, 1.165) is 37.1 Å². The predicted octanol–water partition coefficient (Wildman–Crippen LogP) is 5.46. The van der Waals surface area contributed by atoms with Crippen LogP contribution in [-0.4, -0.2) is 34.6 Å². The number of nitrogens with zero attached hydrogens (tertiary/aromatic N) is 2. The van der Waals surface area contributed by atoms with Crippen molar-refractivity contribution in [1.82, 2.24) is 15.3 Å². The SMILES string of the molecule is O=C(CCN[C@H]1CC[C@H](Nc2cc(Nc3ccc(F)c(Cl)c3)ncn2)CC1)OCc1ccccc1. The zero-order valence-corrected chi connectivity index (χ0v) is 20.1. The molecule has 1 aliphatic carbocycles. The fourth-order valence-electron chi connectivity index (χ4n) is 4.07. The maximum absolute atomic E-state index is 13.4. The van der Waals surface area contributed by atoms with Crippen molar-refractivity contribution in [2.45, 2.75) is 50.8 Å². The van der Waals surface area contributed by atoms with Crippen molar-refractivity contribution >= 4 is 34.9 Å². The predicted molar refractivity (Wildman–Crippen MR) is 135 cm³/mol. The van der Waals surface area contributed by atoms with E-state index in [2.05, 4.69) is 25.9 Å². The molecule has 3 aromatic rings. The molecule has 0 amide bonds. The van der Waals surface area contributed by atoms with Gasteiger partial charge in [0.05, 0.1) is 11.4 Å². The van der Waals surface area contributed by atoms with Crippen molar-refractivity contribution in [3.05, 3.63) is 77.3 Å². The molecule has 0 atom stereocenters. The number of esters is 1. The number of carbonyl (C=O) groups excluding carboxylic acids is 1. The molecular formula is C26H29ClFN5O2. The zero-order valence-electron chi connectivity index (χ0n) is 19.3. The van der Waals surface area contributed by atoms with Crippen LogP contribution in [0.4, 0.5) is 21.7 Å². The van der Waals surface area contributed by atoms with Crippen molar-refractivity contribution in [3.8, 4) is 0 Å². The number of ether oxygens (including phenoxy) is 1. The molecule has 1 aromatic heterocycles. The van der Waals surface area contributed by atoms with E-state index in [1.54, 1.807) is 6.07 Å². The van der Waals surface area contributed by atoms with Gasteiger partial charge in [0.15, 0.2) is 0 Å². The Balaban J connectivity index is 1.15. The van der Waals surface area contributed by atoms with Crippen LogP contribution in [0.2, 0.25) is 5.02 Å². The van der Waals surface area contributed by atoms with Gasteiger partial charge in [-0.15, -0.1) is 0 Å². The van der Waals surface area contributed by atoms with Gasteiger partial charge in [0.25, 0.3) is 0 Å². The van der Waals surface area contributed by atoms with Gasteiger partial charge in [-0.2, -0.15) is 0 Å². The van der Waals surface area contributed by atoms with Crippen molar-refractivity contribution in [1.29, 1.82) is 0 Å². The first-order valence-corrected chi connectivity index (χ1v) is 12.2. The first kappa shape index (κ1) is 24.9. The van der Waals surface area contributed by atoms with Crippen molar-refractivity contribution in [3.63, 3.8) is 0 Å². The Labute approximate surface area is 209 Å². The van der Waals surface area contributed by atoms with E-state index >= 15 is 0 Å². The first-order valence-electron chi connectivity index (χ1n) is 11.8. The summed E-state index contributed by atoms with van der Waals surface area (Å²) in [7, 11) is 0.